The van der Waals surface area contributed by atoms with Crippen LogP contribution >= 0.6 is 0 Å². The molecule has 0 spiro atoms. The number of nitrogens with one attached hydrogen (secondary N) is 1. The van der Waals surface area contributed by atoms with E-state index in [9.17, 15) is 36.2 Å². The Balaban J connectivity index is 1.18. The molecule has 0 heterocycles. The Morgan fingerprint density at radius 2 is 1.70 bits per heavy atom. The number of hydrogen-bond donors (Lipinski definition) is 2. The molecule has 200 valence electrons. The predicted molar refractivity (Wildman–Crippen MR) is 122 cm³/mol. The summed E-state index contributed by atoms with van der Waals surface area (Å²) in [6.07, 6.45) is -8.97. The second-order valence-electron chi connectivity index (χ2n) is 11.1. The molecule has 4 bridgehead atoms. The van der Waals surface area contributed by atoms with Crippen LogP contribution in [0.5, 0.6) is 5.75 Å². The van der Waals surface area contributed by atoms with E-state index >= 15 is 0 Å². The van der Waals surface area contributed by atoms with Gasteiger partial charge in [-0.25, -0.2) is 0 Å². The van der Waals surface area contributed by atoms with Crippen LogP contribution in [0.25, 0.3) is 10.8 Å². The van der Waals surface area contributed by atoms with Crippen molar-refractivity contribution < 1.29 is 41.0 Å². The van der Waals surface area contributed by atoms with E-state index in [1.54, 1.807) is 18.2 Å². The standard InChI is InChI=1S/C27H27F6NO3/c28-26(29,30)14-3-5-15(6-4-14)37-19-8-2-13-9-12(1-7-16(13)23(19)27(31,32)33)11-34-24-18-10-17-20(21(17)24)22(18)25(35)36/h1-2,7-9,14-15,17-18,20-22,24,34H,3-6,10-11H2,(H,35,36)/t14?,15?,17-,18+,20?,21-,22?,24?/m0/s1. The molecule has 0 saturated heterocycles. The van der Waals surface area contributed by atoms with E-state index in [0.717, 1.165) is 12.0 Å². The average molecular weight is 528 g/mol. The Kier molecular flexibility index (Phi) is 5.71. The monoisotopic (exact) mass is 527 g/mol. The first-order valence-electron chi connectivity index (χ1n) is 12.8. The maximum atomic E-state index is 14.1. The van der Waals surface area contributed by atoms with Crippen LogP contribution in [-0.4, -0.2) is 29.4 Å². The lowest BCUT2D eigenvalue weighted by molar-refractivity contribution is -0.185. The molecule has 0 aromatic heterocycles. The number of carboxylic acids is 1. The molecule has 7 rings (SSSR count). The third kappa shape index (κ3) is 4.25. The summed E-state index contributed by atoms with van der Waals surface area (Å²) in [5, 5.41) is 13.4. The maximum Gasteiger partial charge on any atom is 0.420 e. The van der Waals surface area contributed by atoms with Crippen molar-refractivity contribution >= 4 is 16.7 Å². The molecular formula is C27H27F6NO3. The van der Waals surface area contributed by atoms with Gasteiger partial charge in [-0.1, -0.05) is 18.2 Å². The van der Waals surface area contributed by atoms with Crippen LogP contribution < -0.4 is 10.1 Å². The Morgan fingerprint density at radius 1 is 0.973 bits per heavy atom. The second-order valence-corrected chi connectivity index (χ2v) is 11.1. The quantitative estimate of drug-likeness (QED) is 0.426. The van der Waals surface area contributed by atoms with Gasteiger partial charge in [-0.2, -0.15) is 26.3 Å². The van der Waals surface area contributed by atoms with Gasteiger partial charge < -0.3 is 15.2 Å². The van der Waals surface area contributed by atoms with Crippen LogP contribution in [0, 0.1) is 35.5 Å². The van der Waals surface area contributed by atoms with Gasteiger partial charge in [-0.15, -0.1) is 0 Å². The van der Waals surface area contributed by atoms with Crippen LogP contribution in [0.3, 0.4) is 0 Å². The second kappa shape index (κ2) is 8.51. The van der Waals surface area contributed by atoms with Gasteiger partial charge in [-0.3, -0.25) is 4.79 Å². The van der Waals surface area contributed by atoms with Gasteiger partial charge in [-0.05, 0) is 84.2 Å². The maximum absolute atomic E-state index is 14.1. The Hall–Kier alpha value is -2.49. The van der Waals surface area contributed by atoms with Crippen molar-refractivity contribution in [1.82, 2.24) is 5.32 Å². The van der Waals surface area contributed by atoms with Gasteiger partial charge in [0.05, 0.1) is 17.9 Å². The van der Waals surface area contributed by atoms with Crippen LogP contribution in [0.15, 0.2) is 30.3 Å². The number of aliphatic carboxylic acids is 1. The molecular weight excluding hydrogens is 500 g/mol. The summed E-state index contributed by atoms with van der Waals surface area (Å²) in [6.45, 7) is 0.432. The summed E-state index contributed by atoms with van der Waals surface area (Å²) in [6, 6.07) is 7.66. The summed E-state index contributed by atoms with van der Waals surface area (Å²) in [5.41, 5.74) is -0.114. The van der Waals surface area contributed by atoms with Crippen molar-refractivity contribution in [2.75, 3.05) is 0 Å². The lowest BCUT2D eigenvalue weighted by Gasteiger charge is -2.31. The first-order chi connectivity index (χ1) is 17.4. The molecule has 0 aliphatic heterocycles. The number of carboxylic acid groups (broad SMARTS) is 1. The van der Waals surface area contributed by atoms with Crippen molar-refractivity contribution in [2.45, 2.75) is 63.1 Å². The van der Waals surface area contributed by atoms with E-state index in [4.69, 9.17) is 4.74 Å². The molecule has 2 aromatic rings. The number of rotatable bonds is 6. The first-order valence-corrected chi connectivity index (χ1v) is 12.8. The number of hydrogen-bond acceptors (Lipinski definition) is 3. The Labute approximate surface area is 209 Å². The fourth-order valence-corrected chi connectivity index (χ4v) is 7.57. The van der Waals surface area contributed by atoms with Crippen LogP contribution in [0.1, 0.15) is 43.2 Å². The summed E-state index contributed by atoms with van der Waals surface area (Å²) in [5.74, 6) is -1.58. The third-order valence-corrected chi connectivity index (χ3v) is 9.18. The smallest absolute Gasteiger partial charge is 0.420 e. The van der Waals surface area contributed by atoms with Crippen molar-refractivity contribution in [3.8, 4) is 5.75 Å². The summed E-state index contributed by atoms with van der Waals surface area (Å²) >= 11 is 0. The molecule has 2 N–H and O–H groups in total. The summed E-state index contributed by atoms with van der Waals surface area (Å²) in [7, 11) is 0. The highest BCUT2D eigenvalue weighted by Crippen LogP contribution is 2.73. The van der Waals surface area contributed by atoms with Crippen molar-refractivity contribution in [3.63, 3.8) is 0 Å². The van der Waals surface area contributed by atoms with Gasteiger partial charge in [0.1, 0.15) is 11.3 Å². The zero-order chi connectivity index (χ0) is 26.3. The molecule has 0 radical (unpaired) electrons. The van der Waals surface area contributed by atoms with Crippen LogP contribution in [0.2, 0.25) is 0 Å². The number of halogens is 6. The summed E-state index contributed by atoms with van der Waals surface area (Å²) < 4.78 is 86.8. The van der Waals surface area contributed by atoms with E-state index in [1.807, 2.05) is 0 Å². The van der Waals surface area contributed by atoms with Crippen molar-refractivity contribution in [1.29, 1.82) is 0 Å². The van der Waals surface area contributed by atoms with E-state index in [-0.39, 0.29) is 60.6 Å². The molecule has 3 unspecified atom stereocenters. The van der Waals surface area contributed by atoms with E-state index in [1.165, 1.54) is 12.1 Å². The van der Waals surface area contributed by atoms with Gasteiger partial charge in [0.2, 0.25) is 0 Å². The SMILES string of the molecule is O=C(O)C1C2[C@H]3C(NCc4ccc5c(C(F)(F)F)c(OC6CCC(C(F)(F)F)CC6)ccc5c4)[C@@H]1C[C@@H]23. The van der Waals surface area contributed by atoms with Crippen molar-refractivity contribution in [2.24, 2.45) is 35.5 Å². The minimum absolute atomic E-state index is 0.0194. The highest BCUT2D eigenvalue weighted by Gasteiger charge is 2.75. The molecule has 5 aliphatic carbocycles. The predicted octanol–water partition coefficient (Wildman–Crippen LogP) is 6.41. The molecule has 0 amide bonds. The average Bonchev–Trinajstić information content (AvgIpc) is 3.11. The zero-order valence-electron chi connectivity index (χ0n) is 19.8. The number of fused-ring (bicyclic) bond motifs is 1. The summed E-state index contributed by atoms with van der Waals surface area (Å²) in [4.78, 5) is 11.6. The highest BCUT2D eigenvalue weighted by molar-refractivity contribution is 5.89. The number of carbonyl (C=O) groups is 1. The van der Waals surface area contributed by atoms with Gasteiger partial charge in [0.25, 0.3) is 0 Å². The highest BCUT2D eigenvalue weighted by atomic mass is 19.4. The molecule has 5 fully saturated rings. The topological polar surface area (TPSA) is 58.6 Å². The van der Waals surface area contributed by atoms with E-state index < -0.39 is 35.9 Å². The largest absolute Gasteiger partial charge is 0.490 e. The van der Waals surface area contributed by atoms with Crippen LogP contribution in [0.4, 0.5) is 26.3 Å². The van der Waals surface area contributed by atoms with Gasteiger partial charge in [0, 0.05) is 12.6 Å². The molecule has 6 atom stereocenters. The molecule has 5 aliphatic rings. The lowest BCUT2D eigenvalue weighted by Crippen LogP contribution is -2.34. The molecule has 4 nitrogen and oxygen atoms in total. The minimum Gasteiger partial charge on any atom is -0.490 e. The number of ether oxygens (including phenoxy) is 1. The molecule has 5 saturated carbocycles. The minimum atomic E-state index is -4.70. The molecule has 37 heavy (non-hydrogen) atoms. The normalized spacial score (nSPS) is 34.6. The number of alkyl halides is 6. The lowest BCUT2D eigenvalue weighted by atomic mass is 9.87. The third-order valence-electron chi connectivity index (χ3n) is 9.18. The zero-order valence-corrected chi connectivity index (χ0v) is 19.8. The number of benzene rings is 2. The van der Waals surface area contributed by atoms with E-state index in [0.29, 0.717) is 23.8 Å². The Morgan fingerprint density at radius 3 is 2.30 bits per heavy atom. The van der Waals surface area contributed by atoms with Crippen LogP contribution in [-0.2, 0) is 17.5 Å². The van der Waals surface area contributed by atoms with E-state index in [2.05, 4.69) is 5.32 Å². The fourth-order valence-electron chi connectivity index (χ4n) is 7.57. The fraction of sp³-hybridized carbons (Fsp3) is 0.593. The van der Waals surface area contributed by atoms with Gasteiger partial charge in [0.15, 0.2) is 0 Å². The molecule has 10 heteroatoms. The van der Waals surface area contributed by atoms with Gasteiger partial charge >= 0.3 is 18.3 Å². The molecule has 2 aromatic carbocycles. The Bertz CT molecular complexity index is 1220. The van der Waals surface area contributed by atoms with Crippen molar-refractivity contribution in [3.05, 3.63) is 41.5 Å². The first kappa shape index (κ1) is 24.8.